The van der Waals surface area contributed by atoms with Gasteiger partial charge in [0.05, 0.1) is 5.56 Å². The van der Waals surface area contributed by atoms with Crippen LogP contribution in [0.15, 0.2) is 18.2 Å². The minimum atomic E-state index is -1.15. The molecule has 102 valence electrons. The number of esters is 1. The molecule has 0 aliphatic rings. The summed E-state index contributed by atoms with van der Waals surface area (Å²) in [6.07, 6.45) is -1.15. The summed E-state index contributed by atoms with van der Waals surface area (Å²) in [7, 11) is 0. The summed E-state index contributed by atoms with van der Waals surface area (Å²) in [6, 6.07) is 3.87. The van der Waals surface area contributed by atoms with Crippen LogP contribution < -0.4 is 16.8 Å². The normalized spacial score (nSPS) is 11.5. The minimum absolute atomic E-state index is 0.165. The molecule has 0 aliphatic carbocycles. The highest BCUT2D eigenvalue weighted by Gasteiger charge is 2.21. The van der Waals surface area contributed by atoms with Crippen LogP contribution in [-0.4, -0.2) is 24.0 Å². The van der Waals surface area contributed by atoms with Gasteiger partial charge in [-0.1, -0.05) is 12.1 Å². The number of hydrogen-bond acceptors (Lipinski definition) is 5. The number of nitrogen functional groups attached to an aromatic ring is 1. The lowest BCUT2D eigenvalue weighted by Gasteiger charge is -2.13. The molecule has 0 aromatic heterocycles. The maximum Gasteiger partial charge on any atom is 0.341 e. The quantitative estimate of drug-likeness (QED) is 0.536. The summed E-state index contributed by atoms with van der Waals surface area (Å²) < 4.78 is 4.90. The van der Waals surface area contributed by atoms with Crippen molar-refractivity contribution in [1.29, 1.82) is 0 Å². The summed E-state index contributed by atoms with van der Waals surface area (Å²) in [5.41, 5.74) is 11.7. The highest BCUT2D eigenvalue weighted by molar-refractivity contribution is 5.99. The Labute approximate surface area is 109 Å². The zero-order valence-corrected chi connectivity index (χ0v) is 10.6. The SMILES string of the molecule is Cc1cccc(C(=O)O[C@@H](C)C(=O)NC(N)=O)c1N. The molecule has 1 aromatic rings. The summed E-state index contributed by atoms with van der Waals surface area (Å²) in [4.78, 5) is 33.7. The van der Waals surface area contributed by atoms with E-state index in [1.165, 1.54) is 13.0 Å². The van der Waals surface area contributed by atoms with E-state index in [9.17, 15) is 14.4 Å². The molecule has 7 heteroatoms. The van der Waals surface area contributed by atoms with Crippen molar-refractivity contribution in [3.63, 3.8) is 0 Å². The van der Waals surface area contributed by atoms with Crippen LogP contribution in [-0.2, 0) is 9.53 Å². The van der Waals surface area contributed by atoms with E-state index in [1.807, 2.05) is 5.32 Å². The molecule has 0 radical (unpaired) electrons. The molecular weight excluding hydrogens is 250 g/mol. The van der Waals surface area contributed by atoms with Crippen LogP contribution >= 0.6 is 0 Å². The molecule has 5 N–H and O–H groups in total. The molecule has 0 aliphatic heterocycles. The van der Waals surface area contributed by atoms with Gasteiger partial charge in [-0.2, -0.15) is 0 Å². The number of nitrogens with one attached hydrogen (secondary N) is 1. The Hall–Kier alpha value is -2.57. The largest absolute Gasteiger partial charge is 0.449 e. The van der Waals surface area contributed by atoms with Crippen molar-refractivity contribution in [2.75, 3.05) is 5.73 Å². The number of carbonyl (C=O) groups is 3. The van der Waals surface area contributed by atoms with Gasteiger partial charge in [0.2, 0.25) is 0 Å². The number of urea groups is 1. The fourth-order valence-electron chi connectivity index (χ4n) is 1.36. The molecule has 3 amide bonds. The fraction of sp³-hybridized carbons (Fsp3) is 0.250. The second-order valence-corrected chi connectivity index (χ2v) is 3.94. The number of para-hydroxylation sites is 1. The lowest BCUT2D eigenvalue weighted by atomic mass is 10.1. The number of hydrogen-bond donors (Lipinski definition) is 3. The molecule has 7 nitrogen and oxygen atoms in total. The van der Waals surface area contributed by atoms with E-state index in [2.05, 4.69) is 0 Å². The van der Waals surface area contributed by atoms with Crippen LogP contribution in [0.3, 0.4) is 0 Å². The first-order valence-electron chi connectivity index (χ1n) is 5.49. The average Bonchev–Trinajstić information content (AvgIpc) is 2.31. The molecule has 1 atom stereocenters. The van der Waals surface area contributed by atoms with Gasteiger partial charge in [0.1, 0.15) is 0 Å². The highest BCUT2D eigenvalue weighted by atomic mass is 16.5. The van der Waals surface area contributed by atoms with Crippen LogP contribution in [0.2, 0.25) is 0 Å². The lowest BCUT2D eigenvalue weighted by Crippen LogP contribution is -2.42. The van der Waals surface area contributed by atoms with E-state index in [0.717, 1.165) is 5.56 Å². The number of nitrogens with two attached hydrogens (primary N) is 2. The fourth-order valence-corrected chi connectivity index (χ4v) is 1.36. The molecule has 19 heavy (non-hydrogen) atoms. The standard InChI is InChI=1S/C12H15N3O4/c1-6-4-3-5-8(9(6)13)11(17)19-7(2)10(16)15-12(14)18/h3-5,7H,13H2,1-2H3,(H3,14,15,16,18)/t7-/m0/s1. The summed E-state index contributed by atoms with van der Waals surface area (Å²) in [5.74, 6) is -1.54. The predicted molar refractivity (Wildman–Crippen MR) is 68.2 cm³/mol. The number of amides is 3. The molecule has 0 spiro atoms. The Kier molecular flexibility index (Phi) is 4.46. The Morgan fingerprint density at radius 3 is 2.53 bits per heavy atom. The van der Waals surface area contributed by atoms with Gasteiger partial charge < -0.3 is 16.2 Å². The van der Waals surface area contributed by atoms with Crippen LogP contribution in [0.25, 0.3) is 0 Å². The first-order chi connectivity index (χ1) is 8.82. The molecule has 0 saturated carbocycles. The maximum absolute atomic E-state index is 11.8. The van der Waals surface area contributed by atoms with Crippen molar-refractivity contribution in [1.82, 2.24) is 5.32 Å². The number of rotatable bonds is 3. The van der Waals surface area contributed by atoms with Crippen LogP contribution in [0, 0.1) is 6.92 Å². The highest BCUT2D eigenvalue weighted by Crippen LogP contribution is 2.17. The number of benzene rings is 1. The summed E-state index contributed by atoms with van der Waals surface area (Å²) in [6.45, 7) is 3.07. The second-order valence-electron chi connectivity index (χ2n) is 3.94. The third kappa shape index (κ3) is 3.70. The van der Waals surface area contributed by atoms with Crippen LogP contribution in [0.1, 0.15) is 22.8 Å². The first kappa shape index (κ1) is 14.5. The topological polar surface area (TPSA) is 125 Å². The Balaban J connectivity index is 2.77. The number of anilines is 1. The van der Waals surface area contributed by atoms with Gasteiger partial charge >= 0.3 is 12.0 Å². The third-order valence-electron chi connectivity index (χ3n) is 2.44. The molecule has 0 heterocycles. The van der Waals surface area contributed by atoms with Crippen molar-refractivity contribution in [3.8, 4) is 0 Å². The molecule has 0 fully saturated rings. The van der Waals surface area contributed by atoms with Crippen molar-refractivity contribution in [2.24, 2.45) is 5.73 Å². The Bertz CT molecular complexity index is 528. The van der Waals surface area contributed by atoms with Gasteiger partial charge in [0, 0.05) is 5.69 Å². The van der Waals surface area contributed by atoms with Gasteiger partial charge in [-0.3, -0.25) is 10.1 Å². The van der Waals surface area contributed by atoms with Gasteiger partial charge in [-0.25, -0.2) is 9.59 Å². The van der Waals surface area contributed by atoms with Gasteiger partial charge in [0.25, 0.3) is 5.91 Å². The number of ether oxygens (including phenoxy) is 1. The van der Waals surface area contributed by atoms with E-state index in [-0.39, 0.29) is 11.3 Å². The maximum atomic E-state index is 11.8. The Morgan fingerprint density at radius 1 is 1.32 bits per heavy atom. The molecular formula is C12H15N3O4. The molecule has 1 aromatic carbocycles. The van der Waals surface area contributed by atoms with E-state index in [4.69, 9.17) is 16.2 Å². The van der Waals surface area contributed by atoms with Crippen molar-refractivity contribution >= 4 is 23.6 Å². The average molecular weight is 265 g/mol. The zero-order chi connectivity index (χ0) is 14.6. The number of imide groups is 1. The van der Waals surface area contributed by atoms with Crippen LogP contribution in [0.5, 0.6) is 0 Å². The monoisotopic (exact) mass is 265 g/mol. The van der Waals surface area contributed by atoms with Gasteiger partial charge in [0.15, 0.2) is 6.10 Å². The molecule has 1 rings (SSSR count). The van der Waals surface area contributed by atoms with E-state index >= 15 is 0 Å². The number of carbonyl (C=O) groups excluding carboxylic acids is 3. The summed E-state index contributed by atoms with van der Waals surface area (Å²) >= 11 is 0. The van der Waals surface area contributed by atoms with E-state index in [1.54, 1.807) is 19.1 Å². The van der Waals surface area contributed by atoms with Gasteiger partial charge in [-0.05, 0) is 25.5 Å². The zero-order valence-electron chi connectivity index (χ0n) is 10.6. The number of aryl methyl sites for hydroxylation is 1. The number of primary amides is 1. The van der Waals surface area contributed by atoms with Crippen LogP contribution in [0.4, 0.5) is 10.5 Å². The second kappa shape index (κ2) is 5.85. The van der Waals surface area contributed by atoms with Gasteiger partial charge in [-0.15, -0.1) is 0 Å². The lowest BCUT2D eigenvalue weighted by molar-refractivity contribution is -0.127. The van der Waals surface area contributed by atoms with E-state index < -0.39 is 24.0 Å². The van der Waals surface area contributed by atoms with Crippen molar-refractivity contribution in [3.05, 3.63) is 29.3 Å². The smallest absolute Gasteiger partial charge is 0.341 e. The minimum Gasteiger partial charge on any atom is -0.449 e. The van der Waals surface area contributed by atoms with E-state index in [0.29, 0.717) is 0 Å². The predicted octanol–water partition coefficient (Wildman–Crippen LogP) is 0.317. The molecule has 0 saturated heterocycles. The Morgan fingerprint density at radius 2 is 1.95 bits per heavy atom. The molecule has 0 bridgehead atoms. The van der Waals surface area contributed by atoms with Crippen molar-refractivity contribution in [2.45, 2.75) is 20.0 Å². The van der Waals surface area contributed by atoms with Crippen molar-refractivity contribution < 1.29 is 19.1 Å². The summed E-state index contributed by atoms with van der Waals surface area (Å²) in [5, 5.41) is 1.82. The third-order valence-corrected chi connectivity index (χ3v) is 2.44. The first-order valence-corrected chi connectivity index (χ1v) is 5.49. The molecule has 0 unspecified atom stereocenters.